The zero-order valence-electron chi connectivity index (χ0n) is 25.7. The Balaban J connectivity index is 1.16. The van der Waals surface area contributed by atoms with Crippen LogP contribution in [-0.2, 0) is 28.9 Å². The van der Waals surface area contributed by atoms with Gasteiger partial charge in [0.1, 0.15) is 6.04 Å². The first-order chi connectivity index (χ1) is 21.4. The maximum atomic E-state index is 14.2. The van der Waals surface area contributed by atoms with Gasteiger partial charge >= 0.3 is 0 Å². The number of amides is 2. The highest BCUT2D eigenvalue weighted by atomic mass is 35.5. The van der Waals surface area contributed by atoms with Crippen LogP contribution in [0.25, 0.3) is 0 Å². The molecule has 2 aromatic carbocycles. The van der Waals surface area contributed by atoms with Crippen LogP contribution in [0.5, 0.6) is 0 Å². The van der Waals surface area contributed by atoms with E-state index in [2.05, 4.69) is 32.9 Å². The Morgan fingerprint density at radius 2 is 1.84 bits per heavy atom. The van der Waals surface area contributed by atoms with Crippen molar-refractivity contribution in [2.45, 2.75) is 89.6 Å². The lowest BCUT2D eigenvalue weighted by atomic mass is 9.62. The number of nitrogens with one attached hydrogen (secondary N) is 2. The molecule has 2 fully saturated rings. The second-order valence-corrected chi connectivity index (χ2v) is 13.5. The molecule has 1 aromatic heterocycles. The number of aryl methyl sites for hydroxylation is 1. The summed E-state index contributed by atoms with van der Waals surface area (Å²) < 4.78 is 5.33. The standard InChI is InChI=1S/C35H44ClN5O3/c1-24-38-32(40-44-24)23-35(27-8-3-2-4-9-27)16-19-41(20-17-35)34(43)31(21-25-11-13-28(36)14-12-25)39-33(42)22-30-29-10-6-5-7-26(29)15-18-37-30/h5-7,10-14,27,30-31,37H,2-4,8-9,15-23H2,1H3,(H,39,42). The van der Waals surface area contributed by atoms with Crippen LogP contribution in [-0.4, -0.2) is 52.5 Å². The molecular formula is C35H44ClN5O3. The molecule has 1 aliphatic carbocycles. The van der Waals surface area contributed by atoms with Gasteiger partial charge in [-0.05, 0) is 78.8 Å². The summed E-state index contributed by atoms with van der Waals surface area (Å²) in [5.41, 5.74) is 3.47. The summed E-state index contributed by atoms with van der Waals surface area (Å²) in [7, 11) is 0. The minimum absolute atomic E-state index is 0.0158. The summed E-state index contributed by atoms with van der Waals surface area (Å²) >= 11 is 6.15. The molecule has 3 aliphatic rings. The number of carbonyl (C=O) groups is 2. The summed E-state index contributed by atoms with van der Waals surface area (Å²) in [5.74, 6) is 1.84. The van der Waals surface area contributed by atoms with E-state index in [9.17, 15) is 9.59 Å². The number of piperidine rings is 1. The highest BCUT2D eigenvalue weighted by Crippen LogP contribution is 2.47. The van der Waals surface area contributed by atoms with Crippen molar-refractivity contribution in [1.29, 1.82) is 0 Å². The Bertz CT molecular complexity index is 1430. The lowest BCUT2D eigenvalue weighted by molar-refractivity contribution is -0.139. The minimum Gasteiger partial charge on any atom is -0.344 e. The van der Waals surface area contributed by atoms with Crippen LogP contribution in [0.15, 0.2) is 53.1 Å². The third-order valence-electron chi connectivity index (χ3n) is 10.2. The number of aromatic nitrogens is 2. The summed E-state index contributed by atoms with van der Waals surface area (Å²) in [6.45, 7) is 4.00. The number of nitrogens with zero attached hydrogens (tertiary/aromatic N) is 3. The quantitative estimate of drug-likeness (QED) is 0.316. The SMILES string of the molecule is Cc1nc(CC2(C3CCCCC3)CCN(C(=O)C(Cc3ccc(Cl)cc3)NC(=O)CC3NCCc4ccccc43)CC2)no1. The molecule has 6 rings (SSSR count). The summed E-state index contributed by atoms with van der Waals surface area (Å²) in [6, 6.07) is 15.1. The van der Waals surface area contributed by atoms with E-state index in [4.69, 9.17) is 16.1 Å². The third-order valence-corrected chi connectivity index (χ3v) is 10.5. The second-order valence-electron chi connectivity index (χ2n) is 13.0. The molecule has 0 radical (unpaired) electrons. The van der Waals surface area contributed by atoms with Crippen LogP contribution in [0.4, 0.5) is 0 Å². The zero-order valence-corrected chi connectivity index (χ0v) is 26.5. The van der Waals surface area contributed by atoms with Gasteiger partial charge in [0.05, 0.1) is 0 Å². The molecule has 2 N–H and O–H groups in total. The number of hydrogen-bond acceptors (Lipinski definition) is 6. The number of likely N-dealkylation sites (tertiary alicyclic amines) is 1. The maximum Gasteiger partial charge on any atom is 0.245 e. The van der Waals surface area contributed by atoms with Gasteiger partial charge in [0, 0.05) is 50.3 Å². The minimum atomic E-state index is -0.649. The molecular weight excluding hydrogens is 574 g/mol. The van der Waals surface area contributed by atoms with Crippen molar-refractivity contribution in [2.24, 2.45) is 11.3 Å². The molecule has 9 heteroatoms. The van der Waals surface area contributed by atoms with Gasteiger partial charge in [0.2, 0.25) is 17.7 Å². The number of benzene rings is 2. The van der Waals surface area contributed by atoms with Gasteiger partial charge in [-0.2, -0.15) is 4.98 Å². The first-order valence-corrected chi connectivity index (χ1v) is 16.7. The predicted octanol–water partition coefficient (Wildman–Crippen LogP) is 5.77. The van der Waals surface area contributed by atoms with E-state index in [-0.39, 0.29) is 29.7 Å². The van der Waals surface area contributed by atoms with Gasteiger partial charge in [-0.25, -0.2) is 0 Å². The fourth-order valence-corrected chi connectivity index (χ4v) is 7.96. The van der Waals surface area contributed by atoms with Crippen LogP contribution in [0.1, 0.15) is 85.8 Å². The molecule has 1 saturated carbocycles. The molecule has 2 aliphatic heterocycles. The Hall–Kier alpha value is -3.23. The average Bonchev–Trinajstić information content (AvgIpc) is 3.46. The molecule has 234 valence electrons. The van der Waals surface area contributed by atoms with Crippen LogP contribution in [0, 0.1) is 18.3 Å². The highest BCUT2D eigenvalue weighted by molar-refractivity contribution is 6.30. The van der Waals surface area contributed by atoms with Gasteiger partial charge in [-0.3, -0.25) is 9.59 Å². The fraction of sp³-hybridized carbons (Fsp3) is 0.543. The first kappa shape index (κ1) is 30.8. The number of halogens is 1. The molecule has 0 spiro atoms. The van der Waals surface area contributed by atoms with Crippen molar-refractivity contribution in [2.75, 3.05) is 19.6 Å². The zero-order chi connectivity index (χ0) is 30.5. The smallest absolute Gasteiger partial charge is 0.245 e. The second kappa shape index (κ2) is 13.8. The van der Waals surface area contributed by atoms with Crippen molar-refractivity contribution >= 4 is 23.4 Å². The van der Waals surface area contributed by atoms with E-state index in [1.807, 2.05) is 48.2 Å². The molecule has 44 heavy (non-hydrogen) atoms. The Morgan fingerprint density at radius 3 is 2.57 bits per heavy atom. The monoisotopic (exact) mass is 617 g/mol. The van der Waals surface area contributed by atoms with Crippen LogP contribution in [0.3, 0.4) is 0 Å². The third kappa shape index (κ3) is 7.18. The van der Waals surface area contributed by atoms with Crippen molar-refractivity contribution < 1.29 is 14.1 Å². The van der Waals surface area contributed by atoms with E-state index in [0.29, 0.717) is 36.3 Å². The van der Waals surface area contributed by atoms with Crippen molar-refractivity contribution in [3.05, 3.63) is 82.0 Å². The summed E-state index contributed by atoms with van der Waals surface area (Å²) in [6.07, 6.45) is 10.5. The Kier molecular flexibility index (Phi) is 9.67. The Labute approximate surface area is 265 Å². The van der Waals surface area contributed by atoms with E-state index in [0.717, 1.165) is 43.6 Å². The van der Waals surface area contributed by atoms with E-state index < -0.39 is 6.04 Å². The normalized spacial score (nSPS) is 21.0. The molecule has 3 heterocycles. The predicted molar refractivity (Wildman–Crippen MR) is 170 cm³/mol. The van der Waals surface area contributed by atoms with Crippen LogP contribution >= 0.6 is 11.6 Å². The summed E-state index contributed by atoms with van der Waals surface area (Å²) in [5, 5.41) is 11.5. The van der Waals surface area contributed by atoms with Gasteiger partial charge < -0.3 is 20.1 Å². The van der Waals surface area contributed by atoms with Crippen LogP contribution in [0.2, 0.25) is 5.02 Å². The molecule has 8 nitrogen and oxygen atoms in total. The number of carbonyl (C=O) groups excluding carboxylic acids is 2. The molecule has 2 unspecified atom stereocenters. The van der Waals surface area contributed by atoms with E-state index >= 15 is 0 Å². The van der Waals surface area contributed by atoms with Crippen molar-refractivity contribution in [3.63, 3.8) is 0 Å². The number of fused-ring (bicyclic) bond motifs is 1. The fourth-order valence-electron chi connectivity index (χ4n) is 7.84. The molecule has 2 amide bonds. The molecule has 3 aromatic rings. The van der Waals surface area contributed by atoms with Crippen molar-refractivity contribution in [1.82, 2.24) is 25.7 Å². The highest BCUT2D eigenvalue weighted by Gasteiger charge is 2.44. The van der Waals surface area contributed by atoms with Crippen LogP contribution < -0.4 is 10.6 Å². The van der Waals surface area contributed by atoms with Gasteiger partial charge in [-0.1, -0.05) is 72.4 Å². The topological polar surface area (TPSA) is 100 Å². The largest absolute Gasteiger partial charge is 0.344 e. The first-order valence-electron chi connectivity index (χ1n) is 16.3. The molecule has 2 atom stereocenters. The van der Waals surface area contributed by atoms with E-state index in [1.54, 1.807) is 0 Å². The Morgan fingerprint density at radius 1 is 1.09 bits per heavy atom. The van der Waals surface area contributed by atoms with E-state index in [1.165, 1.54) is 43.2 Å². The maximum absolute atomic E-state index is 14.2. The molecule has 0 bridgehead atoms. The summed E-state index contributed by atoms with van der Waals surface area (Å²) in [4.78, 5) is 34.2. The lowest BCUT2D eigenvalue weighted by Crippen LogP contribution is -2.54. The number of hydrogen-bond donors (Lipinski definition) is 2. The van der Waals surface area contributed by atoms with Gasteiger partial charge in [0.25, 0.3) is 0 Å². The average molecular weight is 618 g/mol. The molecule has 1 saturated heterocycles. The van der Waals surface area contributed by atoms with Gasteiger partial charge in [-0.15, -0.1) is 0 Å². The number of rotatable bonds is 9. The van der Waals surface area contributed by atoms with Gasteiger partial charge in [0.15, 0.2) is 5.82 Å². The van der Waals surface area contributed by atoms with Crippen molar-refractivity contribution in [3.8, 4) is 0 Å². The lowest BCUT2D eigenvalue weighted by Gasteiger charge is -2.48.